The molecule has 1 N–H and O–H groups in total. The van der Waals surface area contributed by atoms with Gasteiger partial charge in [0.05, 0.1) is 21.6 Å². The Morgan fingerprint density at radius 2 is 1.92 bits per heavy atom. The van der Waals surface area contributed by atoms with Gasteiger partial charge in [-0.25, -0.2) is 13.4 Å². The first-order chi connectivity index (χ1) is 11.4. The van der Waals surface area contributed by atoms with E-state index in [1.807, 2.05) is 6.92 Å². The summed E-state index contributed by atoms with van der Waals surface area (Å²) in [5, 5.41) is 0. The second-order valence-corrected chi connectivity index (χ2v) is 7.48. The second kappa shape index (κ2) is 5.13. The number of aryl methyl sites for hydroxylation is 1. The third kappa shape index (κ3) is 2.26. The zero-order valence-corrected chi connectivity index (χ0v) is 13.9. The van der Waals surface area contributed by atoms with Crippen LogP contribution in [0.3, 0.4) is 0 Å². The van der Waals surface area contributed by atoms with Gasteiger partial charge in [0.25, 0.3) is 10.0 Å². The lowest BCUT2D eigenvalue weighted by atomic mass is 10.3. The number of aromatic nitrogens is 2. The molecule has 7 nitrogen and oxygen atoms in total. The van der Waals surface area contributed by atoms with Crippen LogP contribution in [0.25, 0.3) is 11.0 Å². The average molecular weight is 345 g/mol. The first-order valence-corrected chi connectivity index (χ1v) is 8.74. The minimum Gasteiger partial charge on any atom is -0.454 e. The Bertz CT molecular complexity index is 1040. The molecule has 24 heavy (non-hydrogen) atoms. The van der Waals surface area contributed by atoms with Crippen LogP contribution < -0.4 is 13.8 Å². The highest BCUT2D eigenvalue weighted by Crippen LogP contribution is 2.35. The van der Waals surface area contributed by atoms with Crippen molar-refractivity contribution in [2.24, 2.45) is 0 Å². The summed E-state index contributed by atoms with van der Waals surface area (Å²) >= 11 is 0. The summed E-state index contributed by atoms with van der Waals surface area (Å²) in [5.41, 5.74) is 2.13. The summed E-state index contributed by atoms with van der Waals surface area (Å²) in [6, 6.07) is 9.88. The molecule has 2 heterocycles. The van der Waals surface area contributed by atoms with Gasteiger partial charge in [0, 0.05) is 13.1 Å². The topological polar surface area (TPSA) is 84.5 Å². The van der Waals surface area contributed by atoms with Crippen molar-refractivity contribution < 1.29 is 17.9 Å². The highest BCUT2D eigenvalue weighted by atomic mass is 32.2. The van der Waals surface area contributed by atoms with Crippen molar-refractivity contribution in [3.05, 3.63) is 42.2 Å². The number of anilines is 1. The van der Waals surface area contributed by atoms with Gasteiger partial charge in [-0.05, 0) is 37.3 Å². The number of sulfonamides is 1. The van der Waals surface area contributed by atoms with E-state index in [0.717, 1.165) is 16.9 Å². The number of aromatic amines is 1. The van der Waals surface area contributed by atoms with Crippen LogP contribution >= 0.6 is 0 Å². The first kappa shape index (κ1) is 14.8. The minimum atomic E-state index is -3.71. The van der Waals surface area contributed by atoms with E-state index in [9.17, 15) is 8.42 Å². The summed E-state index contributed by atoms with van der Waals surface area (Å²) in [4.78, 5) is 7.58. The van der Waals surface area contributed by atoms with E-state index in [2.05, 4.69) is 9.97 Å². The van der Waals surface area contributed by atoms with Gasteiger partial charge in [0.1, 0.15) is 5.82 Å². The van der Waals surface area contributed by atoms with Crippen LogP contribution in [0, 0.1) is 6.92 Å². The van der Waals surface area contributed by atoms with Gasteiger partial charge in [0.15, 0.2) is 11.5 Å². The van der Waals surface area contributed by atoms with Crippen LogP contribution in [0.2, 0.25) is 0 Å². The quantitative estimate of drug-likeness (QED) is 0.788. The number of nitrogens with one attached hydrogen (secondary N) is 1. The fraction of sp³-hybridized carbons (Fsp3) is 0.188. The molecule has 0 unspecified atom stereocenters. The van der Waals surface area contributed by atoms with Crippen LogP contribution in [-0.4, -0.2) is 32.2 Å². The Kier molecular flexibility index (Phi) is 3.17. The number of hydrogen-bond donors (Lipinski definition) is 1. The van der Waals surface area contributed by atoms with Gasteiger partial charge in [-0.15, -0.1) is 0 Å². The number of imidazole rings is 1. The van der Waals surface area contributed by atoms with E-state index in [1.165, 1.54) is 23.5 Å². The molecule has 0 aliphatic carbocycles. The van der Waals surface area contributed by atoms with E-state index < -0.39 is 10.0 Å². The normalized spacial score (nSPS) is 13.4. The monoisotopic (exact) mass is 345 g/mol. The molecule has 0 spiro atoms. The van der Waals surface area contributed by atoms with Crippen molar-refractivity contribution in [3.8, 4) is 11.5 Å². The standard InChI is InChI=1S/C16H15N3O4S/c1-10-17-13-5-3-11(7-14(13)18-10)19(2)24(20,21)12-4-6-15-16(8-12)23-9-22-15/h3-8H,9H2,1-2H3,(H,17,18). The molecule has 0 bridgehead atoms. The van der Waals surface area contributed by atoms with Crippen LogP contribution in [-0.2, 0) is 10.0 Å². The summed E-state index contributed by atoms with van der Waals surface area (Å²) < 4.78 is 37.5. The lowest BCUT2D eigenvalue weighted by Crippen LogP contribution is -2.26. The Balaban J connectivity index is 1.74. The van der Waals surface area contributed by atoms with Crippen LogP contribution in [0.15, 0.2) is 41.3 Å². The molecule has 2 aromatic carbocycles. The maximum Gasteiger partial charge on any atom is 0.264 e. The third-order valence-corrected chi connectivity index (χ3v) is 5.73. The zero-order valence-electron chi connectivity index (χ0n) is 13.1. The molecule has 0 saturated carbocycles. The largest absolute Gasteiger partial charge is 0.454 e. The Labute approximate surface area is 138 Å². The number of fused-ring (bicyclic) bond motifs is 2. The molecule has 0 saturated heterocycles. The third-order valence-electron chi connectivity index (χ3n) is 3.95. The molecule has 0 atom stereocenters. The Morgan fingerprint density at radius 3 is 2.75 bits per heavy atom. The minimum absolute atomic E-state index is 0.102. The molecule has 124 valence electrons. The summed E-state index contributed by atoms with van der Waals surface area (Å²) in [6.07, 6.45) is 0. The van der Waals surface area contributed by atoms with E-state index in [1.54, 1.807) is 24.3 Å². The molecule has 8 heteroatoms. The molecule has 0 radical (unpaired) electrons. The lowest BCUT2D eigenvalue weighted by Gasteiger charge is -2.19. The van der Waals surface area contributed by atoms with Crippen LogP contribution in [0.4, 0.5) is 5.69 Å². The maximum atomic E-state index is 12.9. The van der Waals surface area contributed by atoms with Crippen molar-refractivity contribution in [2.45, 2.75) is 11.8 Å². The second-order valence-electron chi connectivity index (χ2n) is 5.51. The molecule has 0 fully saturated rings. The lowest BCUT2D eigenvalue weighted by molar-refractivity contribution is 0.174. The van der Waals surface area contributed by atoms with Crippen LogP contribution in [0.1, 0.15) is 5.82 Å². The smallest absolute Gasteiger partial charge is 0.264 e. The number of rotatable bonds is 3. The van der Waals surface area contributed by atoms with Gasteiger partial charge in [-0.3, -0.25) is 4.31 Å². The highest BCUT2D eigenvalue weighted by Gasteiger charge is 2.25. The van der Waals surface area contributed by atoms with Crippen molar-refractivity contribution >= 4 is 26.7 Å². The Hall–Kier alpha value is -2.74. The van der Waals surface area contributed by atoms with Gasteiger partial charge >= 0.3 is 0 Å². The number of hydrogen-bond acceptors (Lipinski definition) is 5. The van der Waals surface area contributed by atoms with Crippen molar-refractivity contribution in [3.63, 3.8) is 0 Å². The summed E-state index contributed by atoms with van der Waals surface area (Å²) in [7, 11) is -2.19. The van der Waals surface area contributed by atoms with E-state index in [4.69, 9.17) is 9.47 Å². The average Bonchev–Trinajstić information content (AvgIpc) is 3.17. The highest BCUT2D eigenvalue weighted by molar-refractivity contribution is 7.92. The SMILES string of the molecule is Cc1nc2ccc(N(C)S(=O)(=O)c3ccc4c(c3)OCO4)cc2[nH]1. The number of ether oxygens (including phenoxy) is 2. The molecule has 4 rings (SSSR count). The van der Waals surface area contributed by atoms with Gasteiger partial charge in [0.2, 0.25) is 6.79 Å². The van der Waals surface area contributed by atoms with E-state index in [-0.39, 0.29) is 11.7 Å². The number of H-pyrrole nitrogens is 1. The maximum absolute atomic E-state index is 12.9. The number of nitrogens with zero attached hydrogens (tertiary/aromatic N) is 2. The zero-order chi connectivity index (χ0) is 16.9. The predicted octanol–water partition coefficient (Wildman–Crippen LogP) is 2.43. The summed E-state index contributed by atoms with van der Waals surface area (Å²) in [6.45, 7) is 1.96. The van der Waals surface area contributed by atoms with Crippen molar-refractivity contribution in [2.75, 3.05) is 18.1 Å². The molecule has 1 aromatic heterocycles. The fourth-order valence-electron chi connectivity index (χ4n) is 2.66. The molecule has 1 aliphatic rings. The molecular formula is C16H15N3O4S. The van der Waals surface area contributed by atoms with Gasteiger partial charge in [-0.2, -0.15) is 0 Å². The molecule has 0 amide bonds. The van der Waals surface area contributed by atoms with E-state index >= 15 is 0 Å². The number of benzene rings is 2. The van der Waals surface area contributed by atoms with Crippen molar-refractivity contribution in [1.82, 2.24) is 9.97 Å². The predicted molar refractivity (Wildman–Crippen MR) is 89.0 cm³/mol. The van der Waals surface area contributed by atoms with Gasteiger partial charge in [-0.1, -0.05) is 0 Å². The van der Waals surface area contributed by atoms with Crippen molar-refractivity contribution in [1.29, 1.82) is 0 Å². The Morgan fingerprint density at radius 1 is 1.12 bits per heavy atom. The van der Waals surface area contributed by atoms with Gasteiger partial charge < -0.3 is 14.5 Å². The first-order valence-electron chi connectivity index (χ1n) is 7.30. The summed E-state index contributed by atoms with van der Waals surface area (Å²) in [5.74, 6) is 1.76. The van der Waals surface area contributed by atoms with E-state index in [0.29, 0.717) is 17.2 Å². The molecule has 1 aliphatic heterocycles. The molecule has 3 aromatic rings. The van der Waals surface area contributed by atoms with Crippen LogP contribution in [0.5, 0.6) is 11.5 Å². The fourth-order valence-corrected chi connectivity index (χ4v) is 3.86. The molecular weight excluding hydrogens is 330 g/mol.